The molecule has 11 nitrogen and oxygen atoms in total. The minimum absolute atomic E-state index is 0.0492. The van der Waals surface area contributed by atoms with Crippen LogP contribution in [-0.2, 0) is 20.7 Å². The van der Waals surface area contributed by atoms with E-state index in [0.717, 1.165) is 0 Å². The number of hydrogen-bond acceptors (Lipinski definition) is 10. The summed E-state index contributed by atoms with van der Waals surface area (Å²) >= 11 is 0. The quantitative estimate of drug-likeness (QED) is 0.347. The van der Waals surface area contributed by atoms with Crippen molar-refractivity contribution in [1.29, 1.82) is 0 Å². The van der Waals surface area contributed by atoms with E-state index in [2.05, 4.69) is 9.97 Å². The highest BCUT2D eigenvalue weighted by Gasteiger charge is 2.48. The molecule has 3 heterocycles. The van der Waals surface area contributed by atoms with Crippen LogP contribution >= 0.6 is 0 Å². The highest BCUT2D eigenvalue weighted by atomic mass is 16.6. The van der Waals surface area contributed by atoms with Gasteiger partial charge in [0.1, 0.15) is 36.8 Å². The number of nitrogens with one attached hydrogen (secondary N) is 1. The fraction of sp³-hybridized carbons (Fsp3) is 0.688. The van der Waals surface area contributed by atoms with Crippen molar-refractivity contribution in [1.82, 2.24) is 9.97 Å². The number of hydrogen-bond donors (Lipinski definition) is 5. The first-order valence-corrected chi connectivity index (χ1v) is 8.79. The molecule has 0 amide bonds. The molecule has 5 atom stereocenters. The lowest BCUT2D eigenvalue weighted by molar-refractivity contribution is -0.151. The molecule has 1 saturated heterocycles. The lowest BCUT2D eigenvalue weighted by Crippen LogP contribution is -2.44. The number of aromatic amines is 1. The summed E-state index contributed by atoms with van der Waals surface area (Å²) in [6.45, 7) is 3.70. The van der Waals surface area contributed by atoms with Gasteiger partial charge in [0, 0.05) is 6.54 Å². The van der Waals surface area contributed by atoms with Gasteiger partial charge in [0.25, 0.3) is 5.56 Å². The normalized spacial score (nSPS) is 28.4. The van der Waals surface area contributed by atoms with Crippen molar-refractivity contribution in [3.05, 3.63) is 15.9 Å². The number of nitrogens with two attached hydrogens (primary N) is 2. The summed E-state index contributed by atoms with van der Waals surface area (Å²) in [7, 11) is 0. The van der Waals surface area contributed by atoms with E-state index in [4.69, 9.17) is 20.9 Å². The van der Waals surface area contributed by atoms with E-state index >= 15 is 0 Å². The first-order chi connectivity index (χ1) is 12.7. The number of ether oxygens (including phenoxy) is 2. The predicted molar refractivity (Wildman–Crippen MR) is 94.8 cm³/mol. The molecule has 150 valence electrons. The number of carbonyl (C=O) groups is 1. The Morgan fingerprint density at radius 3 is 2.81 bits per heavy atom. The van der Waals surface area contributed by atoms with Crippen LogP contribution in [0.4, 0.5) is 11.8 Å². The molecule has 1 aromatic rings. The number of rotatable bonds is 5. The van der Waals surface area contributed by atoms with Crippen LogP contribution < -0.4 is 21.9 Å². The van der Waals surface area contributed by atoms with E-state index < -0.39 is 36.6 Å². The molecule has 0 aliphatic carbocycles. The first-order valence-electron chi connectivity index (χ1n) is 8.79. The highest BCUT2D eigenvalue weighted by Crippen LogP contribution is 2.32. The molecule has 3 rings (SSSR count). The fourth-order valence-electron chi connectivity index (χ4n) is 3.21. The Kier molecular flexibility index (Phi) is 5.38. The molecule has 2 aliphatic rings. The zero-order valence-corrected chi connectivity index (χ0v) is 15.2. The molecule has 1 fully saturated rings. The first kappa shape index (κ1) is 19.5. The average Bonchev–Trinajstić information content (AvgIpc) is 3.14. The smallest absolute Gasteiger partial charge is 0.323 e. The average molecular weight is 383 g/mol. The van der Waals surface area contributed by atoms with E-state index in [1.54, 1.807) is 18.7 Å². The monoisotopic (exact) mass is 383 g/mol. The number of nitrogens with zero attached hydrogens (tertiary/aromatic N) is 2. The number of aromatic nitrogens is 2. The lowest BCUT2D eigenvalue weighted by Gasteiger charge is -2.27. The molecule has 0 radical (unpaired) electrons. The van der Waals surface area contributed by atoms with Gasteiger partial charge in [-0.05, 0) is 12.3 Å². The summed E-state index contributed by atoms with van der Waals surface area (Å²) in [5.41, 5.74) is 11.4. The molecule has 0 bridgehead atoms. The topological polar surface area (TPSA) is 177 Å². The molecule has 0 unspecified atom stereocenters. The number of H-pyrrole nitrogens is 1. The fourth-order valence-corrected chi connectivity index (χ4v) is 3.21. The minimum atomic E-state index is -1.28. The maximum absolute atomic E-state index is 12.0. The van der Waals surface area contributed by atoms with Crippen molar-refractivity contribution < 1.29 is 24.5 Å². The van der Waals surface area contributed by atoms with Gasteiger partial charge in [-0.25, -0.2) is 0 Å². The second-order valence-corrected chi connectivity index (χ2v) is 7.14. The van der Waals surface area contributed by atoms with Crippen LogP contribution in [0, 0.1) is 5.92 Å². The van der Waals surface area contributed by atoms with Crippen LogP contribution in [0.25, 0.3) is 0 Å². The molecule has 0 spiro atoms. The Bertz CT molecular complexity index is 768. The summed E-state index contributed by atoms with van der Waals surface area (Å²) in [4.78, 5) is 32.0. The summed E-state index contributed by atoms with van der Waals surface area (Å²) in [5.74, 6) is -0.439. The number of carbonyl (C=O) groups excluding carboxylic acids is 1. The molecule has 0 saturated carbocycles. The summed E-state index contributed by atoms with van der Waals surface area (Å²) in [5, 5.41) is 20.7. The van der Waals surface area contributed by atoms with E-state index in [1.165, 1.54) is 0 Å². The highest BCUT2D eigenvalue weighted by molar-refractivity contribution is 5.75. The number of esters is 1. The standard InChI is InChI=1S/C16H25N5O6/c1-6(2)9(17)15(25)26-5-8-10(22)11(23)14(27-8)21-4-3-7-12(21)19-16(18)20-13(7)24/h6,8-11,14,22-23H,3-5,17H2,1-2H3,(H3,18,19,20,24)/t8-,9+,10-,11-,14-/m1/s1. The molecule has 27 heavy (non-hydrogen) atoms. The second-order valence-electron chi connectivity index (χ2n) is 7.14. The Hall–Kier alpha value is -2.21. The maximum atomic E-state index is 12.0. The second kappa shape index (κ2) is 7.43. The van der Waals surface area contributed by atoms with Gasteiger partial charge in [-0.2, -0.15) is 4.98 Å². The molecule has 2 aliphatic heterocycles. The maximum Gasteiger partial charge on any atom is 0.323 e. The van der Waals surface area contributed by atoms with Crippen LogP contribution in [0.2, 0.25) is 0 Å². The van der Waals surface area contributed by atoms with Gasteiger partial charge in [-0.15, -0.1) is 0 Å². The Morgan fingerprint density at radius 1 is 1.44 bits per heavy atom. The molecular formula is C16H25N5O6. The minimum Gasteiger partial charge on any atom is -0.462 e. The zero-order valence-electron chi connectivity index (χ0n) is 15.2. The molecule has 11 heteroatoms. The van der Waals surface area contributed by atoms with Crippen LogP contribution in [0.1, 0.15) is 19.4 Å². The van der Waals surface area contributed by atoms with Crippen molar-refractivity contribution in [3.8, 4) is 0 Å². The molecule has 7 N–H and O–H groups in total. The van der Waals surface area contributed by atoms with Crippen molar-refractivity contribution >= 4 is 17.7 Å². The zero-order chi connectivity index (χ0) is 19.9. The van der Waals surface area contributed by atoms with Crippen molar-refractivity contribution in [2.75, 3.05) is 23.8 Å². The molecule has 1 aromatic heterocycles. The molecular weight excluding hydrogens is 358 g/mol. The third kappa shape index (κ3) is 3.63. The van der Waals surface area contributed by atoms with Crippen LogP contribution in [0.15, 0.2) is 4.79 Å². The summed E-state index contributed by atoms with van der Waals surface area (Å²) in [6, 6.07) is -0.784. The predicted octanol–water partition coefficient (Wildman–Crippen LogP) is -2.31. The third-order valence-corrected chi connectivity index (χ3v) is 4.91. The van der Waals surface area contributed by atoms with E-state index in [0.29, 0.717) is 24.3 Å². The van der Waals surface area contributed by atoms with Gasteiger partial charge in [0.15, 0.2) is 6.23 Å². The summed E-state index contributed by atoms with van der Waals surface area (Å²) in [6.07, 6.45) is -4.03. The molecule has 0 aromatic carbocycles. The van der Waals surface area contributed by atoms with E-state index in [9.17, 15) is 19.8 Å². The van der Waals surface area contributed by atoms with Crippen molar-refractivity contribution in [2.24, 2.45) is 11.7 Å². The largest absolute Gasteiger partial charge is 0.462 e. The van der Waals surface area contributed by atoms with E-state index in [-0.39, 0.29) is 24.0 Å². The van der Waals surface area contributed by atoms with Gasteiger partial charge >= 0.3 is 5.97 Å². The lowest BCUT2D eigenvalue weighted by atomic mass is 10.1. The van der Waals surface area contributed by atoms with Crippen molar-refractivity contribution in [2.45, 2.75) is 50.8 Å². The Morgan fingerprint density at radius 2 is 2.15 bits per heavy atom. The number of nitrogen functional groups attached to an aromatic ring is 1. The number of fused-ring (bicyclic) bond motifs is 1. The Labute approximate surface area is 155 Å². The van der Waals surface area contributed by atoms with Gasteiger partial charge < -0.3 is 36.1 Å². The van der Waals surface area contributed by atoms with E-state index in [1.807, 2.05) is 0 Å². The van der Waals surface area contributed by atoms with Crippen molar-refractivity contribution in [3.63, 3.8) is 0 Å². The van der Waals surface area contributed by atoms with Gasteiger partial charge in [0.05, 0.1) is 5.56 Å². The number of aliphatic hydroxyl groups excluding tert-OH is 2. The van der Waals surface area contributed by atoms with Gasteiger partial charge in [0.2, 0.25) is 5.95 Å². The van der Waals surface area contributed by atoms with Crippen LogP contribution in [-0.4, -0.2) is 69.9 Å². The number of anilines is 2. The summed E-state index contributed by atoms with van der Waals surface area (Å²) < 4.78 is 10.8. The number of aliphatic hydroxyl groups is 2. The Balaban J connectivity index is 1.70. The van der Waals surface area contributed by atoms with Gasteiger partial charge in [-0.3, -0.25) is 14.6 Å². The van der Waals surface area contributed by atoms with Crippen LogP contribution in [0.5, 0.6) is 0 Å². The SMILES string of the molecule is CC(C)[C@H](N)C(=O)OC[C@H]1O[C@@H](N2CCc3c2nc(N)[nH]c3=O)[C@H](O)[C@@H]1O. The third-order valence-electron chi connectivity index (χ3n) is 4.91. The van der Waals surface area contributed by atoms with Crippen LogP contribution in [0.3, 0.4) is 0 Å². The van der Waals surface area contributed by atoms with Gasteiger partial charge in [-0.1, -0.05) is 13.8 Å².